The normalized spacial score (nSPS) is 17.5. The molecule has 0 saturated heterocycles. The Hall–Kier alpha value is -2.92. The van der Waals surface area contributed by atoms with Crippen LogP contribution in [0.25, 0.3) is 0 Å². The van der Waals surface area contributed by atoms with Crippen LogP contribution in [0.1, 0.15) is 27.2 Å². The summed E-state index contributed by atoms with van der Waals surface area (Å²) in [6, 6.07) is 6.24. The number of amides is 3. The van der Waals surface area contributed by atoms with Crippen molar-refractivity contribution in [3.8, 4) is 5.75 Å². The number of halogens is 5. The van der Waals surface area contributed by atoms with Crippen molar-refractivity contribution in [2.45, 2.75) is 45.4 Å². The Labute approximate surface area is 168 Å². The molecule has 0 aliphatic carbocycles. The molecule has 1 aliphatic heterocycles. The lowest BCUT2D eigenvalue weighted by atomic mass is 9.91. The summed E-state index contributed by atoms with van der Waals surface area (Å²) in [6.07, 6.45) is -6.48. The lowest BCUT2D eigenvalue weighted by Crippen LogP contribution is -2.56. The van der Waals surface area contributed by atoms with Crippen LogP contribution in [-0.4, -0.2) is 42.5 Å². The van der Waals surface area contributed by atoms with Crippen LogP contribution in [0.15, 0.2) is 24.3 Å². The first-order valence-corrected chi connectivity index (χ1v) is 8.79. The van der Waals surface area contributed by atoms with Gasteiger partial charge >= 0.3 is 12.1 Å². The molecule has 0 bridgehead atoms. The standard InChI is InChI=1S/C18H20F5N3O4/c1-10-8-13(27)26(11-6-4-5-7-12(11)30-10)25-15(29)16(2,3)14(28)24-9-17(19,20)18(21,22)23/h4-7,10H,8-9H2,1-3H3,(H,24,28)(H,25,29)/t10-/m1/s1. The molecule has 1 atom stereocenters. The summed E-state index contributed by atoms with van der Waals surface area (Å²) in [5, 5.41) is 2.30. The summed E-state index contributed by atoms with van der Waals surface area (Å²) in [5.74, 6) is -7.91. The highest BCUT2D eigenvalue weighted by molar-refractivity contribution is 6.07. The number of nitrogens with one attached hydrogen (secondary N) is 2. The van der Waals surface area contributed by atoms with E-state index in [1.807, 2.05) is 0 Å². The summed E-state index contributed by atoms with van der Waals surface area (Å²) in [4.78, 5) is 37.3. The number of ether oxygens (including phenoxy) is 1. The van der Waals surface area contributed by atoms with E-state index in [0.29, 0.717) is 0 Å². The van der Waals surface area contributed by atoms with Crippen molar-refractivity contribution >= 4 is 23.4 Å². The number of hydrogen-bond donors (Lipinski definition) is 2. The van der Waals surface area contributed by atoms with Crippen LogP contribution in [0, 0.1) is 5.41 Å². The average Bonchev–Trinajstić information content (AvgIpc) is 2.74. The first-order chi connectivity index (χ1) is 13.7. The molecule has 12 heteroatoms. The van der Waals surface area contributed by atoms with Gasteiger partial charge in [-0.15, -0.1) is 0 Å². The first-order valence-electron chi connectivity index (χ1n) is 8.79. The van der Waals surface area contributed by atoms with Crippen molar-refractivity contribution in [2.24, 2.45) is 5.41 Å². The molecule has 3 amide bonds. The van der Waals surface area contributed by atoms with Gasteiger partial charge in [-0.1, -0.05) is 12.1 Å². The van der Waals surface area contributed by atoms with Crippen LogP contribution >= 0.6 is 0 Å². The molecule has 1 aliphatic rings. The van der Waals surface area contributed by atoms with Crippen LogP contribution in [0.4, 0.5) is 27.6 Å². The molecule has 1 aromatic rings. The molecule has 1 heterocycles. The fraction of sp³-hybridized carbons (Fsp3) is 0.500. The minimum absolute atomic E-state index is 0.112. The minimum atomic E-state index is -5.86. The molecule has 0 unspecified atom stereocenters. The SMILES string of the molecule is C[C@@H]1CC(=O)N(NC(=O)C(C)(C)C(=O)NCC(F)(F)C(F)(F)F)c2ccccc2O1. The Balaban J connectivity index is 2.17. The van der Waals surface area contributed by atoms with E-state index >= 15 is 0 Å². The number of carbonyl (C=O) groups is 3. The van der Waals surface area contributed by atoms with Crippen LogP contribution in [0.3, 0.4) is 0 Å². The predicted molar refractivity (Wildman–Crippen MR) is 94.6 cm³/mol. The smallest absolute Gasteiger partial charge is 0.455 e. The van der Waals surface area contributed by atoms with Gasteiger partial charge in [0, 0.05) is 0 Å². The van der Waals surface area contributed by atoms with Gasteiger partial charge in [0.25, 0.3) is 5.91 Å². The molecule has 0 saturated carbocycles. The number of carbonyl (C=O) groups excluding carboxylic acids is 3. The van der Waals surface area contributed by atoms with Gasteiger partial charge in [0.1, 0.15) is 23.0 Å². The van der Waals surface area contributed by atoms with Crippen molar-refractivity contribution < 1.29 is 41.1 Å². The van der Waals surface area contributed by atoms with Gasteiger partial charge in [0.15, 0.2) is 0 Å². The number of hydrazine groups is 1. The number of hydrogen-bond acceptors (Lipinski definition) is 4. The number of para-hydroxylation sites is 2. The topological polar surface area (TPSA) is 87.7 Å². The second-order valence-electron chi connectivity index (χ2n) is 7.28. The zero-order valence-electron chi connectivity index (χ0n) is 16.3. The molecule has 2 rings (SSSR count). The van der Waals surface area contributed by atoms with Crippen LogP contribution in [0.5, 0.6) is 5.75 Å². The van der Waals surface area contributed by atoms with Gasteiger partial charge in [-0.2, -0.15) is 22.0 Å². The highest BCUT2D eigenvalue weighted by atomic mass is 19.4. The van der Waals surface area contributed by atoms with Gasteiger partial charge in [0.2, 0.25) is 11.8 Å². The quantitative estimate of drug-likeness (QED) is 0.548. The molecule has 166 valence electrons. The summed E-state index contributed by atoms with van der Waals surface area (Å²) < 4.78 is 68.5. The summed E-state index contributed by atoms with van der Waals surface area (Å²) in [7, 11) is 0. The summed E-state index contributed by atoms with van der Waals surface area (Å²) >= 11 is 0. The van der Waals surface area contributed by atoms with Crippen molar-refractivity contribution in [2.75, 3.05) is 11.6 Å². The monoisotopic (exact) mass is 437 g/mol. The summed E-state index contributed by atoms with van der Waals surface area (Å²) in [6.45, 7) is 1.66. The molecular formula is C18H20F5N3O4. The molecule has 0 aromatic heterocycles. The third-order valence-electron chi connectivity index (χ3n) is 4.38. The fourth-order valence-corrected chi connectivity index (χ4v) is 2.45. The van der Waals surface area contributed by atoms with Crippen molar-refractivity contribution in [3.63, 3.8) is 0 Å². The van der Waals surface area contributed by atoms with E-state index in [-0.39, 0.29) is 17.9 Å². The largest absolute Gasteiger partial charge is 0.488 e. The molecule has 0 fully saturated rings. The van der Waals surface area contributed by atoms with Crippen LogP contribution < -0.4 is 20.5 Å². The predicted octanol–water partition coefficient (Wildman–Crippen LogP) is 2.56. The Bertz CT molecular complexity index is 841. The highest BCUT2D eigenvalue weighted by Gasteiger charge is 2.57. The lowest BCUT2D eigenvalue weighted by Gasteiger charge is -2.29. The lowest BCUT2D eigenvalue weighted by molar-refractivity contribution is -0.278. The molecule has 1 aromatic carbocycles. The number of rotatable bonds is 5. The molecule has 0 radical (unpaired) electrons. The van der Waals surface area contributed by atoms with Crippen molar-refractivity contribution in [1.29, 1.82) is 0 Å². The van der Waals surface area contributed by atoms with Gasteiger partial charge in [0.05, 0.1) is 13.0 Å². The molecule has 30 heavy (non-hydrogen) atoms. The third-order valence-corrected chi connectivity index (χ3v) is 4.38. The Morgan fingerprint density at radius 3 is 2.33 bits per heavy atom. The van der Waals surface area contributed by atoms with Gasteiger partial charge in [-0.05, 0) is 32.9 Å². The minimum Gasteiger partial charge on any atom is -0.488 e. The van der Waals surface area contributed by atoms with Gasteiger partial charge in [-0.25, -0.2) is 5.01 Å². The van der Waals surface area contributed by atoms with E-state index in [1.54, 1.807) is 25.1 Å². The van der Waals surface area contributed by atoms with E-state index in [4.69, 9.17) is 4.74 Å². The van der Waals surface area contributed by atoms with E-state index in [9.17, 15) is 36.3 Å². The maximum Gasteiger partial charge on any atom is 0.455 e. The van der Waals surface area contributed by atoms with Gasteiger partial charge in [-0.3, -0.25) is 19.8 Å². The molecule has 2 N–H and O–H groups in total. The molecule has 7 nitrogen and oxygen atoms in total. The number of alkyl halides is 5. The van der Waals surface area contributed by atoms with Crippen LogP contribution in [-0.2, 0) is 14.4 Å². The highest BCUT2D eigenvalue weighted by Crippen LogP contribution is 2.35. The van der Waals surface area contributed by atoms with E-state index < -0.39 is 47.9 Å². The van der Waals surface area contributed by atoms with Crippen molar-refractivity contribution in [1.82, 2.24) is 10.7 Å². The zero-order chi connectivity index (χ0) is 22.9. The number of nitrogens with zero attached hydrogens (tertiary/aromatic N) is 1. The zero-order valence-corrected chi connectivity index (χ0v) is 16.3. The second kappa shape index (κ2) is 8.07. The first kappa shape index (κ1) is 23.4. The van der Waals surface area contributed by atoms with E-state index in [2.05, 4.69) is 5.43 Å². The number of anilines is 1. The fourth-order valence-electron chi connectivity index (χ4n) is 2.45. The van der Waals surface area contributed by atoms with Crippen LogP contribution in [0.2, 0.25) is 0 Å². The van der Waals surface area contributed by atoms with E-state index in [1.165, 1.54) is 11.4 Å². The van der Waals surface area contributed by atoms with Gasteiger partial charge < -0.3 is 10.1 Å². The maximum absolute atomic E-state index is 13.0. The average molecular weight is 437 g/mol. The Kier molecular flexibility index (Phi) is 6.29. The second-order valence-corrected chi connectivity index (χ2v) is 7.28. The molecular weight excluding hydrogens is 417 g/mol. The summed E-state index contributed by atoms with van der Waals surface area (Å²) in [5.41, 5.74) is 0.335. The maximum atomic E-state index is 13.0. The molecule has 0 spiro atoms. The Morgan fingerprint density at radius 1 is 1.13 bits per heavy atom. The third kappa shape index (κ3) is 4.79. The van der Waals surface area contributed by atoms with Crippen molar-refractivity contribution in [3.05, 3.63) is 24.3 Å². The van der Waals surface area contributed by atoms with E-state index in [0.717, 1.165) is 18.9 Å². The Morgan fingerprint density at radius 2 is 1.73 bits per heavy atom. The number of fused-ring (bicyclic) bond motifs is 1. The number of benzene rings is 1.